The Morgan fingerprint density at radius 1 is 1.39 bits per heavy atom. The second-order valence-corrected chi connectivity index (χ2v) is 4.93. The van der Waals surface area contributed by atoms with Crippen LogP contribution in [0, 0.1) is 0 Å². The Morgan fingerprint density at radius 2 is 2.22 bits per heavy atom. The van der Waals surface area contributed by atoms with Crippen molar-refractivity contribution in [2.45, 2.75) is 6.42 Å². The maximum absolute atomic E-state index is 8.89. The molecular formula is C12H16BrN3O2. The highest BCUT2D eigenvalue weighted by atomic mass is 79.9. The maximum atomic E-state index is 8.89. The van der Waals surface area contributed by atoms with Gasteiger partial charge in [-0.25, -0.2) is 0 Å². The molecule has 5 nitrogen and oxygen atoms in total. The Kier molecular flexibility index (Phi) is 4.43. The predicted molar refractivity (Wildman–Crippen MR) is 74.3 cm³/mol. The van der Waals surface area contributed by atoms with Crippen LogP contribution in [0.5, 0.6) is 0 Å². The van der Waals surface area contributed by atoms with Gasteiger partial charge in [-0.2, -0.15) is 0 Å². The predicted octanol–water partition coefficient (Wildman–Crippen LogP) is 1.77. The van der Waals surface area contributed by atoms with E-state index in [9.17, 15) is 0 Å². The fourth-order valence-corrected chi connectivity index (χ4v) is 2.63. The molecular weight excluding hydrogens is 298 g/mol. The zero-order chi connectivity index (χ0) is 13.0. The quantitative estimate of drug-likeness (QED) is 0.378. The van der Waals surface area contributed by atoms with Crippen LogP contribution in [0.15, 0.2) is 27.8 Å². The third-order valence-corrected chi connectivity index (χ3v) is 3.58. The number of oxime groups is 1. The molecule has 0 bridgehead atoms. The highest BCUT2D eigenvalue weighted by molar-refractivity contribution is 9.10. The standard InChI is InChI=1S/C12H16BrN3O2/c13-9-3-1-4-10(11(9)12(14)15-17)16-5-2-7-18-8-6-16/h1,3-4,17H,2,5-8H2,(H2,14,15). The summed E-state index contributed by atoms with van der Waals surface area (Å²) >= 11 is 3.44. The third kappa shape index (κ3) is 2.76. The lowest BCUT2D eigenvalue weighted by Crippen LogP contribution is -2.29. The molecule has 0 amide bonds. The van der Waals surface area contributed by atoms with Crippen molar-refractivity contribution in [3.8, 4) is 0 Å². The fourth-order valence-electron chi connectivity index (χ4n) is 2.07. The van der Waals surface area contributed by atoms with Crippen LogP contribution in [0.4, 0.5) is 5.69 Å². The Labute approximate surface area is 114 Å². The summed E-state index contributed by atoms with van der Waals surface area (Å²) in [4.78, 5) is 2.20. The molecule has 0 aliphatic carbocycles. The van der Waals surface area contributed by atoms with E-state index in [2.05, 4.69) is 26.0 Å². The van der Waals surface area contributed by atoms with Crippen molar-refractivity contribution in [2.75, 3.05) is 31.2 Å². The first kappa shape index (κ1) is 13.2. The summed E-state index contributed by atoms with van der Waals surface area (Å²) in [6.45, 7) is 3.19. The van der Waals surface area contributed by atoms with Crippen molar-refractivity contribution in [2.24, 2.45) is 10.9 Å². The minimum absolute atomic E-state index is 0.114. The summed E-state index contributed by atoms with van der Waals surface area (Å²) in [6.07, 6.45) is 0.974. The molecule has 0 aromatic heterocycles. The van der Waals surface area contributed by atoms with Crippen molar-refractivity contribution < 1.29 is 9.94 Å². The lowest BCUT2D eigenvalue weighted by molar-refractivity contribution is 0.152. The van der Waals surface area contributed by atoms with Crippen molar-refractivity contribution in [3.05, 3.63) is 28.2 Å². The molecule has 1 aliphatic heterocycles. The zero-order valence-electron chi connectivity index (χ0n) is 9.97. The topological polar surface area (TPSA) is 71.1 Å². The number of anilines is 1. The number of hydrogen-bond donors (Lipinski definition) is 2. The Hall–Kier alpha value is -1.27. The molecule has 0 spiro atoms. The lowest BCUT2D eigenvalue weighted by atomic mass is 10.1. The molecule has 1 aromatic carbocycles. The van der Waals surface area contributed by atoms with Crippen LogP contribution in [-0.2, 0) is 4.74 Å². The molecule has 6 heteroatoms. The number of benzene rings is 1. The third-order valence-electron chi connectivity index (χ3n) is 2.92. The molecule has 0 radical (unpaired) electrons. The normalized spacial score (nSPS) is 17.6. The second kappa shape index (κ2) is 6.06. The number of halogens is 1. The van der Waals surface area contributed by atoms with Crippen LogP contribution in [0.25, 0.3) is 0 Å². The molecule has 1 saturated heterocycles. The van der Waals surface area contributed by atoms with Gasteiger partial charge in [0.05, 0.1) is 12.2 Å². The monoisotopic (exact) mass is 313 g/mol. The highest BCUT2D eigenvalue weighted by Crippen LogP contribution is 2.28. The largest absolute Gasteiger partial charge is 0.409 e. The van der Waals surface area contributed by atoms with Gasteiger partial charge >= 0.3 is 0 Å². The van der Waals surface area contributed by atoms with E-state index in [1.165, 1.54) is 0 Å². The molecule has 18 heavy (non-hydrogen) atoms. The maximum Gasteiger partial charge on any atom is 0.173 e. The van der Waals surface area contributed by atoms with E-state index in [0.29, 0.717) is 6.61 Å². The summed E-state index contributed by atoms with van der Waals surface area (Å²) in [5.74, 6) is 0.114. The van der Waals surface area contributed by atoms with Crippen LogP contribution in [-0.4, -0.2) is 37.3 Å². The first-order valence-corrected chi connectivity index (χ1v) is 6.62. The van der Waals surface area contributed by atoms with Gasteiger partial charge in [0.15, 0.2) is 5.84 Å². The van der Waals surface area contributed by atoms with Crippen molar-refractivity contribution in [3.63, 3.8) is 0 Å². The van der Waals surface area contributed by atoms with Gasteiger partial charge in [0.2, 0.25) is 0 Å². The minimum Gasteiger partial charge on any atom is -0.409 e. The zero-order valence-corrected chi connectivity index (χ0v) is 11.6. The molecule has 0 atom stereocenters. The van der Waals surface area contributed by atoms with E-state index in [-0.39, 0.29) is 5.84 Å². The van der Waals surface area contributed by atoms with Gasteiger partial charge in [-0.1, -0.05) is 11.2 Å². The average molecular weight is 314 g/mol. The fraction of sp³-hybridized carbons (Fsp3) is 0.417. The number of hydrogen-bond acceptors (Lipinski definition) is 4. The molecule has 98 valence electrons. The van der Waals surface area contributed by atoms with Crippen molar-refractivity contribution in [1.29, 1.82) is 0 Å². The number of ether oxygens (including phenoxy) is 1. The number of nitrogens with two attached hydrogens (primary N) is 1. The molecule has 1 aromatic rings. The summed E-state index contributed by atoms with van der Waals surface area (Å²) in [6, 6.07) is 5.80. The van der Waals surface area contributed by atoms with Crippen LogP contribution in [0.2, 0.25) is 0 Å². The van der Waals surface area contributed by atoms with E-state index in [1.807, 2.05) is 18.2 Å². The summed E-state index contributed by atoms with van der Waals surface area (Å²) in [5.41, 5.74) is 7.44. The average Bonchev–Trinajstić information content (AvgIpc) is 2.66. The van der Waals surface area contributed by atoms with E-state index in [4.69, 9.17) is 15.7 Å². The van der Waals surface area contributed by atoms with Crippen LogP contribution < -0.4 is 10.6 Å². The Balaban J connectivity index is 2.39. The molecule has 1 heterocycles. The molecule has 1 fully saturated rings. The van der Waals surface area contributed by atoms with Crippen LogP contribution >= 0.6 is 15.9 Å². The number of rotatable bonds is 2. The minimum atomic E-state index is 0.114. The van der Waals surface area contributed by atoms with Gasteiger partial charge in [0.25, 0.3) is 0 Å². The molecule has 3 N–H and O–H groups in total. The highest BCUT2D eigenvalue weighted by Gasteiger charge is 2.18. The van der Waals surface area contributed by atoms with E-state index in [0.717, 1.165) is 41.8 Å². The van der Waals surface area contributed by atoms with E-state index < -0.39 is 0 Å². The van der Waals surface area contributed by atoms with Gasteiger partial charge in [0, 0.05) is 29.9 Å². The van der Waals surface area contributed by atoms with Gasteiger partial charge in [-0.05, 0) is 34.5 Å². The smallest absolute Gasteiger partial charge is 0.173 e. The molecule has 1 aliphatic rings. The first-order valence-electron chi connectivity index (χ1n) is 5.83. The lowest BCUT2D eigenvalue weighted by Gasteiger charge is -2.25. The second-order valence-electron chi connectivity index (χ2n) is 4.07. The molecule has 0 unspecified atom stereocenters. The Morgan fingerprint density at radius 3 is 3.00 bits per heavy atom. The first-order chi connectivity index (χ1) is 8.74. The summed E-state index contributed by atoms with van der Waals surface area (Å²) in [7, 11) is 0. The van der Waals surface area contributed by atoms with Crippen LogP contribution in [0.3, 0.4) is 0 Å². The number of amidine groups is 1. The molecule has 0 saturated carbocycles. The van der Waals surface area contributed by atoms with Crippen LogP contribution in [0.1, 0.15) is 12.0 Å². The van der Waals surface area contributed by atoms with Gasteiger partial charge in [-0.3, -0.25) is 0 Å². The van der Waals surface area contributed by atoms with Gasteiger partial charge in [0.1, 0.15) is 0 Å². The van der Waals surface area contributed by atoms with E-state index >= 15 is 0 Å². The van der Waals surface area contributed by atoms with Crippen molar-refractivity contribution >= 4 is 27.5 Å². The van der Waals surface area contributed by atoms with Gasteiger partial charge in [-0.15, -0.1) is 0 Å². The number of nitrogens with zero attached hydrogens (tertiary/aromatic N) is 2. The SMILES string of the molecule is N/C(=N/O)c1c(Br)cccc1N1CCCOCC1. The van der Waals surface area contributed by atoms with Gasteiger partial charge < -0.3 is 20.6 Å². The summed E-state index contributed by atoms with van der Waals surface area (Å²) < 4.78 is 6.26. The Bertz CT molecular complexity index is 443. The van der Waals surface area contributed by atoms with Crippen molar-refractivity contribution in [1.82, 2.24) is 0 Å². The summed E-state index contributed by atoms with van der Waals surface area (Å²) in [5, 5.41) is 12.0. The van der Waals surface area contributed by atoms with E-state index in [1.54, 1.807) is 0 Å². The molecule has 2 rings (SSSR count).